The Morgan fingerprint density at radius 3 is 2.00 bits per heavy atom. The highest BCUT2D eigenvalue weighted by Crippen LogP contribution is 2.47. The molecular formula is C12H21NO5. The van der Waals surface area contributed by atoms with Gasteiger partial charge in [-0.15, -0.1) is 0 Å². The molecule has 0 bridgehead atoms. The van der Waals surface area contributed by atoms with Gasteiger partial charge in [-0.05, 0) is 20.3 Å². The molecule has 0 saturated heterocycles. The van der Waals surface area contributed by atoms with E-state index in [4.69, 9.17) is 14.2 Å². The maximum absolute atomic E-state index is 12.0. The molecule has 1 amide bonds. The molecule has 0 aromatic carbocycles. The van der Waals surface area contributed by atoms with Gasteiger partial charge in [0.1, 0.15) is 0 Å². The molecule has 0 unspecified atom stereocenters. The second kappa shape index (κ2) is 5.67. The first-order valence-electron chi connectivity index (χ1n) is 6.13. The van der Waals surface area contributed by atoms with Crippen LogP contribution in [0.2, 0.25) is 0 Å². The summed E-state index contributed by atoms with van der Waals surface area (Å²) in [5, 5.41) is 2.64. The number of ether oxygens (including phenoxy) is 3. The van der Waals surface area contributed by atoms with Gasteiger partial charge in [0.2, 0.25) is 11.7 Å². The highest BCUT2D eigenvalue weighted by Gasteiger charge is 2.68. The second-order valence-electron chi connectivity index (χ2n) is 4.20. The minimum Gasteiger partial charge on any atom is -0.467 e. The normalized spacial score (nSPS) is 25.1. The zero-order chi connectivity index (χ0) is 13.8. The van der Waals surface area contributed by atoms with Crippen molar-refractivity contribution < 1.29 is 23.8 Å². The number of rotatable bonds is 6. The third-order valence-corrected chi connectivity index (χ3v) is 3.16. The van der Waals surface area contributed by atoms with E-state index in [1.807, 2.05) is 13.8 Å². The van der Waals surface area contributed by atoms with E-state index >= 15 is 0 Å². The summed E-state index contributed by atoms with van der Waals surface area (Å²) in [5.41, 5.74) is -1.24. The highest BCUT2D eigenvalue weighted by atomic mass is 16.7. The SMILES string of the molecule is CCOC1(OCC)CC[C@]1(NC(C)=O)C(=O)OC. The van der Waals surface area contributed by atoms with Crippen molar-refractivity contribution >= 4 is 11.9 Å². The molecule has 6 heteroatoms. The van der Waals surface area contributed by atoms with Crippen molar-refractivity contribution in [2.24, 2.45) is 0 Å². The van der Waals surface area contributed by atoms with E-state index < -0.39 is 17.3 Å². The van der Waals surface area contributed by atoms with Gasteiger partial charge in [0.15, 0.2) is 5.54 Å². The van der Waals surface area contributed by atoms with Crippen LogP contribution in [0.15, 0.2) is 0 Å². The molecule has 18 heavy (non-hydrogen) atoms. The van der Waals surface area contributed by atoms with Crippen LogP contribution in [0.1, 0.15) is 33.6 Å². The average molecular weight is 259 g/mol. The summed E-state index contributed by atoms with van der Waals surface area (Å²) in [4.78, 5) is 23.4. The fraction of sp³-hybridized carbons (Fsp3) is 0.833. The van der Waals surface area contributed by atoms with Gasteiger partial charge in [0.05, 0.1) is 7.11 Å². The number of carbonyl (C=O) groups is 2. The van der Waals surface area contributed by atoms with Gasteiger partial charge < -0.3 is 19.5 Å². The summed E-state index contributed by atoms with van der Waals surface area (Å²) < 4.78 is 16.0. The molecule has 1 N–H and O–H groups in total. The first-order valence-corrected chi connectivity index (χ1v) is 6.13. The Hall–Kier alpha value is -1.14. The molecule has 0 heterocycles. The molecule has 0 radical (unpaired) electrons. The molecule has 6 nitrogen and oxygen atoms in total. The van der Waals surface area contributed by atoms with Crippen LogP contribution in [0.4, 0.5) is 0 Å². The lowest BCUT2D eigenvalue weighted by Crippen LogP contribution is -2.77. The Balaban J connectivity index is 3.07. The summed E-state index contributed by atoms with van der Waals surface area (Å²) in [6.07, 6.45) is 0.989. The van der Waals surface area contributed by atoms with Gasteiger partial charge in [-0.25, -0.2) is 4.79 Å². The summed E-state index contributed by atoms with van der Waals surface area (Å²) in [5.74, 6) is -1.97. The topological polar surface area (TPSA) is 73.9 Å². The quantitative estimate of drug-likeness (QED) is 0.558. The predicted molar refractivity (Wildman–Crippen MR) is 63.8 cm³/mol. The Kier molecular flexibility index (Phi) is 4.70. The molecule has 0 aromatic heterocycles. The van der Waals surface area contributed by atoms with Crippen molar-refractivity contribution in [3.8, 4) is 0 Å². The van der Waals surface area contributed by atoms with Crippen LogP contribution in [-0.4, -0.2) is 43.5 Å². The lowest BCUT2D eigenvalue weighted by atomic mass is 9.69. The lowest BCUT2D eigenvalue weighted by molar-refractivity contribution is -0.317. The summed E-state index contributed by atoms with van der Waals surface area (Å²) in [6, 6.07) is 0. The Morgan fingerprint density at radius 2 is 1.72 bits per heavy atom. The standard InChI is InChI=1S/C12H21NO5/c1-5-17-12(18-6-2)8-7-11(12,10(15)16-4)13-9(3)14/h5-8H2,1-4H3,(H,13,14)/t11-/m0/s1. The Labute approximate surface area is 107 Å². The van der Waals surface area contributed by atoms with E-state index in [0.29, 0.717) is 26.1 Å². The van der Waals surface area contributed by atoms with Crippen molar-refractivity contribution in [1.82, 2.24) is 5.32 Å². The number of methoxy groups -OCH3 is 1. The van der Waals surface area contributed by atoms with Gasteiger partial charge in [0.25, 0.3) is 0 Å². The number of hydrogen-bond acceptors (Lipinski definition) is 5. The largest absolute Gasteiger partial charge is 0.467 e. The fourth-order valence-electron chi connectivity index (χ4n) is 2.42. The number of hydrogen-bond donors (Lipinski definition) is 1. The van der Waals surface area contributed by atoms with E-state index in [1.54, 1.807) is 0 Å². The van der Waals surface area contributed by atoms with E-state index in [2.05, 4.69) is 5.32 Å². The number of esters is 1. The lowest BCUT2D eigenvalue weighted by Gasteiger charge is -2.55. The van der Waals surface area contributed by atoms with Crippen molar-refractivity contribution in [2.75, 3.05) is 20.3 Å². The number of carbonyl (C=O) groups excluding carboxylic acids is 2. The first-order chi connectivity index (χ1) is 8.48. The van der Waals surface area contributed by atoms with Crippen molar-refractivity contribution in [2.45, 2.75) is 44.9 Å². The van der Waals surface area contributed by atoms with Crippen molar-refractivity contribution in [1.29, 1.82) is 0 Å². The number of nitrogens with one attached hydrogen (secondary N) is 1. The zero-order valence-electron chi connectivity index (χ0n) is 11.4. The van der Waals surface area contributed by atoms with Gasteiger partial charge in [0, 0.05) is 26.6 Å². The highest BCUT2D eigenvalue weighted by molar-refractivity contribution is 5.89. The molecular weight excluding hydrogens is 238 g/mol. The molecule has 1 saturated carbocycles. The van der Waals surface area contributed by atoms with E-state index in [0.717, 1.165) is 0 Å². The third-order valence-electron chi connectivity index (χ3n) is 3.16. The van der Waals surface area contributed by atoms with Gasteiger partial charge in [-0.3, -0.25) is 4.79 Å². The first kappa shape index (κ1) is 14.9. The van der Waals surface area contributed by atoms with E-state index in [-0.39, 0.29) is 5.91 Å². The van der Waals surface area contributed by atoms with Gasteiger partial charge >= 0.3 is 5.97 Å². The van der Waals surface area contributed by atoms with Crippen LogP contribution in [0, 0.1) is 0 Å². The van der Waals surface area contributed by atoms with E-state index in [1.165, 1.54) is 14.0 Å². The Morgan fingerprint density at radius 1 is 1.17 bits per heavy atom. The fourth-order valence-corrected chi connectivity index (χ4v) is 2.42. The molecule has 104 valence electrons. The van der Waals surface area contributed by atoms with Gasteiger partial charge in [-0.1, -0.05) is 0 Å². The monoisotopic (exact) mass is 259 g/mol. The predicted octanol–water partition coefficient (Wildman–Crippen LogP) is 0.597. The van der Waals surface area contributed by atoms with Crippen LogP contribution in [0.25, 0.3) is 0 Å². The molecule has 1 fully saturated rings. The van der Waals surface area contributed by atoms with Crippen molar-refractivity contribution in [3.63, 3.8) is 0 Å². The maximum Gasteiger partial charge on any atom is 0.337 e. The second-order valence-corrected chi connectivity index (χ2v) is 4.20. The minimum absolute atomic E-state index is 0.316. The van der Waals surface area contributed by atoms with Crippen LogP contribution in [0.3, 0.4) is 0 Å². The molecule has 1 aliphatic rings. The third kappa shape index (κ3) is 2.22. The van der Waals surface area contributed by atoms with Crippen LogP contribution < -0.4 is 5.32 Å². The number of amides is 1. The minimum atomic E-state index is -1.24. The molecule has 0 aliphatic heterocycles. The Bertz CT molecular complexity index is 324. The van der Waals surface area contributed by atoms with Crippen LogP contribution >= 0.6 is 0 Å². The summed E-state index contributed by atoms with van der Waals surface area (Å²) in [6.45, 7) is 5.76. The maximum atomic E-state index is 12.0. The molecule has 0 aromatic rings. The molecule has 1 atom stereocenters. The summed E-state index contributed by atoms with van der Waals surface area (Å²) >= 11 is 0. The summed E-state index contributed by atoms with van der Waals surface area (Å²) in [7, 11) is 1.28. The zero-order valence-corrected chi connectivity index (χ0v) is 11.4. The smallest absolute Gasteiger partial charge is 0.337 e. The van der Waals surface area contributed by atoms with Crippen LogP contribution in [-0.2, 0) is 23.8 Å². The molecule has 1 rings (SSSR count). The molecule has 1 aliphatic carbocycles. The molecule has 0 spiro atoms. The van der Waals surface area contributed by atoms with Crippen LogP contribution in [0.5, 0.6) is 0 Å². The van der Waals surface area contributed by atoms with E-state index in [9.17, 15) is 9.59 Å². The van der Waals surface area contributed by atoms with Crippen molar-refractivity contribution in [3.05, 3.63) is 0 Å². The van der Waals surface area contributed by atoms with Gasteiger partial charge in [-0.2, -0.15) is 0 Å². The average Bonchev–Trinajstić information content (AvgIpc) is 2.32.